The fourth-order valence-electron chi connectivity index (χ4n) is 1.97. The SMILES string of the molecule is CCOCCN(C)c1cccc(OC)c1C(C)N. The fraction of sp³-hybridized carbons (Fsp3) is 0.571. The van der Waals surface area contributed by atoms with Gasteiger partial charge in [0, 0.05) is 37.5 Å². The van der Waals surface area contributed by atoms with E-state index in [-0.39, 0.29) is 6.04 Å². The van der Waals surface area contributed by atoms with Crippen molar-refractivity contribution >= 4 is 5.69 Å². The standard InChI is InChI=1S/C14H24N2O2/c1-5-18-10-9-16(3)12-7-6-8-13(17-4)14(12)11(2)15/h6-8,11H,5,9-10,15H2,1-4H3. The number of hydrogen-bond donors (Lipinski definition) is 1. The van der Waals surface area contributed by atoms with Gasteiger partial charge in [0.15, 0.2) is 0 Å². The minimum Gasteiger partial charge on any atom is -0.496 e. The van der Waals surface area contributed by atoms with E-state index in [9.17, 15) is 0 Å². The van der Waals surface area contributed by atoms with Gasteiger partial charge in [0.25, 0.3) is 0 Å². The lowest BCUT2D eigenvalue weighted by Crippen LogP contribution is -2.25. The zero-order chi connectivity index (χ0) is 13.5. The number of ether oxygens (including phenoxy) is 2. The number of anilines is 1. The summed E-state index contributed by atoms with van der Waals surface area (Å²) in [6, 6.07) is 5.92. The maximum Gasteiger partial charge on any atom is 0.125 e. The van der Waals surface area contributed by atoms with Crippen molar-refractivity contribution in [2.45, 2.75) is 19.9 Å². The number of methoxy groups -OCH3 is 1. The monoisotopic (exact) mass is 252 g/mol. The first-order valence-corrected chi connectivity index (χ1v) is 6.33. The maximum atomic E-state index is 6.05. The molecule has 1 aromatic rings. The Labute approximate surface area is 110 Å². The second-order valence-corrected chi connectivity index (χ2v) is 4.30. The molecule has 1 unspecified atom stereocenters. The molecular weight excluding hydrogens is 228 g/mol. The van der Waals surface area contributed by atoms with Gasteiger partial charge in [0.05, 0.1) is 13.7 Å². The number of nitrogens with two attached hydrogens (primary N) is 1. The van der Waals surface area contributed by atoms with Crippen molar-refractivity contribution in [2.24, 2.45) is 5.73 Å². The largest absolute Gasteiger partial charge is 0.496 e. The molecule has 0 radical (unpaired) electrons. The van der Waals surface area contributed by atoms with Crippen LogP contribution in [0.25, 0.3) is 0 Å². The van der Waals surface area contributed by atoms with Gasteiger partial charge < -0.3 is 20.1 Å². The maximum absolute atomic E-state index is 6.05. The number of benzene rings is 1. The molecule has 0 aromatic heterocycles. The molecule has 2 N–H and O–H groups in total. The van der Waals surface area contributed by atoms with Gasteiger partial charge in [0.2, 0.25) is 0 Å². The second kappa shape index (κ2) is 7.24. The van der Waals surface area contributed by atoms with Crippen molar-refractivity contribution in [3.63, 3.8) is 0 Å². The molecule has 1 rings (SSSR count). The van der Waals surface area contributed by atoms with E-state index in [2.05, 4.69) is 11.0 Å². The molecule has 102 valence electrons. The molecular formula is C14H24N2O2. The van der Waals surface area contributed by atoms with Crippen LogP contribution in [0.15, 0.2) is 18.2 Å². The highest BCUT2D eigenvalue weighted by atomic mass is 16.5. The van der Waals surface area contributed by atoms with Crippen LogP contribution >= 0.6 is 0 Å². The highest BCUT2D eigenvalue weighted by Gasteiger charge is 2.15. The van der Waals surface area contributed by atoms with Gasteiger partial charge in [-0.25, -0.2) is 0 Å². The van der Waals surface area contributed by atoms with Crippen LogP contribution in [0.5, 0.6) is 5.75 Å². The zero-order valence-corrected chi connectivity index (χ0v) is 11.8. The van der Waals surface area contributed by atoms with E-state index < -0.39 is 0 Å². The van der Waals surface area contributed by atoms with E-state index in [1.807, 2.05) is 33.0 Å². The topological polar surface area (TPSA) is 47.7 Å². The molecule has 4 heteroatoms. The number of likely N-dealkylation sites (N-methyl/N-ethyl adjacent to an activating group) is 1. The molecule has 1 atom stereocenters. The van der Waals surface area contributed by atoms with Crippen molar-refractivity contribution in [2.75, 3.05) is 38.8 Å². The highest BCUT2D eigenvalue weighted by Crippen LogP contribution is 2.32. The molecule has 0 spiro atoms. The average molecular weight is 252 g/mol. The molecule has 0 aliphatic carbocycles. The lowest BCUT2D eigenvalue weighted by molar-refractivity contribution is 0.154. The van der Waals surface area contributed by atoms with E-state index in [0.29, 0.717) is 6.61 Å². The summed E-state index contributed by atoms with van der Waals surface area (Å²) in [6.45, 7) is 6.26. The Morgan fingerprint density at radius 2 is 2.11 bits per heavy atom. The van der Waals surface area contributed by atoms with Gasteiger partial charge in [-0.1, -0.05) is 6.07 Å². The van der Waals surface area contributed by atoms with Crippen LogP contribution in [0.1, 0.15) is 25.5 Å². The Bertz CT molecular complexity index is 367. The van der Waals surface area contributed by atoms with Crippen molar-refractivity contribution in [3.05, 3.63) is 23.8 Å². The summed E-state index contributed by atoms with van der Waals surface area (Å²) in [5, 5.41) is 0. The molecule has 0 heterocycles. The van der Waals surface area contributed by atoms with E-state index in [1.165, 1.54) is 0 Å². The first-order chi connectivity index (χ1) is 8.61. The summed E-state index contributed by atoms with van der Waals surface area (Å²) in [6.07, 6.45) is 0. The first-order valence-electron chi connectivity index (χ1n) is 6.33. The summed E-state index contributed by atoms with van der Waals surface area (Å²) in [4.78, 5) is 2.15. The molecule has 0 aliphatic rings. The molecule has 4 nitrogen and oxygen atoms in total. The van der Waals surface area contributed by atoms with E-state index in [0.717, 1.165) is 30.2 Å². The Hall–Kier alpha value is -1.26. The van der Waals surface area contributed by atoms with Crippen LogP contribution in [-0.4, -0.2) is 33.9 Å². The minimum absolute atomic E-state index is 0.0642. The Morgan fingerprint density at radius 1 is 1.39 bits per heavy atom. The predicted octanol–water partition coefficient (Wildman–Crippen LogP) is 2.19. The van der Waals surface area contributed by atoms with Crippen LogP contribution in [0.2, 0.25) is 0 Å². The second-order valence-electron chi connectivity index (χ2n) is 4.30. The Morgan fingerprint density at radius 3 is 2.67 bits per heavy atom. The molecule has 0 fully saturated rings. The van der Waals surface area contributed by atoms with Gasteiger partial charge >= 0.3 is 0 Å². The zero-order valence-electron chi connectivity index (χ0n) is 11.8. The third-order valence-electron chi connectivity index (χ3n) is 2.90. The summed E-state index contributed by atoms with van der Waals surface area (Å²) in [5.74, 6) is 0.839. The quantitative estimate of drug-likeness (QED) is 0.756. The smallest absolute Gasteiger partial charge is 0.125 e. The first kappa shape index (κ1) is 14.8. The van der Waals surface area contributed by atoms with Gasteiger partial charge in [-0.2, -0.15) is 0 Å². The Kier molecular flexibility index (Phi) is 5.95. The van der Waals surface area contributed by atoms with Gasteiger partial charge in [-0.15, -0.1) is 0 Å². The summed E-state index contributed by atoms with van der Waals surface area (Å²) >= 11 is 0. The normalized spacial score (nSPS) is 12.3. The van der Waals surface area contributed by atoms with Crippen LogP contribution in [0.4, 0.5) is 5.69 Å². The van der Waals surface area contributed by atoms with Crippen molar-refractivity contribution < 1.29 is 9.47 Å². The molecule has 0 bridgehead atoms. The third-order valence-corrected chi connectivity index (χ3v) is 2.90. The summed E-state index contributed by atoms with van der Waals surface area (Å²) in [7, 11) is 3.71. The lowest BCUT2D eigenvalue weighted by Gasteiger charge is -2.25. The van der Waals surface area contributed by atoms with Crippen LogP contribution in [0, 0.1) is 0 Å². The summed E-state index contributed by atoms with van der Waals surface area (Å²) in [5.41, 5.74) is 8.19. The molecule has 18 heavy (non-hydrogen) atoms. The van der Waals surface area contributed by atoms with Crippen molar-refractivity contribution in [1.29, 1.82) is 0 Å². The number of hydrogen-bond acceptors (Lipinski definition) is 4. The molecule has 0 amide bonds. The molecule has 0 saturated heterocycles. The van der Waals surface area contributed by atoms with Gasteiger partial charge in [-0.3, -0.25) is 0 Å². The van der Waals surface area contributed by atoms with E-state index in [1.54, 1.807) is 7.11 Å². The van der Waals surface area contributed by atoms with Crippen molar-refractivity contribution in [1.82, 2.24) is 0 Å². The third kappa shape index (κ3) is 3.62. The van der Waals surface area contributed by atoms with E-state index in [4.69, 9.17) is 15.2 Å². The summed E-state index contributed by atoms with van der Waals surface area (Å²) < 4.78 is 10.8. The van der Waals surface area contributed by atoms with E-state index >= 15 is 0 Å². The number of nitrogens with zero attached hydrogens (tertiary/aromatic N) is 1. The van der Waals surface area contributed by atoms with Crippen LogP contribution in [0.3, 0.4) is 0 Å². The Balaban J connectivity index is 2.92. The number of rotatable bonds is 7. The molecule has 0 aliphatic heterocycles. The van der Waals surface area contributed by atoms with Gasteiger partial charge in [-0.05, 0) is 26.0 Å². The van der Waals surface area contributed by atoms with Crippen LogP contribution in [-0.2, 0) is 4.74 Å². The lowest BCUT2D eigenvalue weighted by atomic mass is 10.0. The molecule has 1 aromatic carbocycles. The van der Waals surface area contributed by atoms with Crippen LogP contribution < -0.4 is 15.4 Å². The minimum atomic E-state index is -0.0642. The highest BCUT2D eigenvalue weighted by molar-refractivity contribution is 5.60. The average Bonchev–Trinajstić information content (AvgIpc) is 2.37. The fourth-order valence-corrected chi connectivity index (χ4v) is 1.97. The molecule has 0 saturated carbocycles. The van der Waals surface area contributed by atoms with Gasteiger partial charge in [0.1, 0.15) is 5.75 Å². The van der Waals surface area contributed by atoms with Crippen molar-refractivity contribution in [3.8, 4) is 5.75 Å². The predicted molar refractivity (Wildman–Crippen MR) is 75.4 cm³/mol.